The topological polar surface area (TPSA) is 24.9 Å². The summed E-state index contributed by atoms with van der Waals surface area (Å²) in [5.74, 6) is 0. The fourth-order valence-corrected chi connectivity index (χ4v) is 2.18. The van der Waals surface area contributed by atoms with Crippen molar-refractivity contribution in [1.29, 1.82) is 0 Å². The molecule has 1 unspecified atom stereocenters. The van der Waals surface area contributed by atoms with Crippen LogP contribution in [0.5, 0.6) is 0 Å². The molecule has 0 spiro atoms. The number of aromatic nitrogens is 1. The third-order valence-corrected chi connectivity index (χ3v) is 4.06. The predicted octanol–water partition coefficient (Wildman–Crippen LogP) is 3.45. The zero-order valence-electron chi connectivity index (χ0n) is 10.7. The van der Waals surface area contributed by atoms with Gasteiger partial charge in [0.2, 0.25) is 0 Å². The van der Waals surface area contributed by atoms with Crippen molar-refractivity contribution in [3.8, 4) is 0 Å². The molecule has 1 aliphatic carbocycles. The minimum Gasteiger partial charge on any atom is -0.313 e. The number of hydrogen-bond donors (Lipinski definition) is 1. The second-order valence-corrected chi connectivity index (χ2v) is 5.87. The highest BCUT2D eigenvalue weighted by molar-refractivity contribution is 6.31. The van der Waals surface area contributed by atoms with E-state index in [-0.39, 0.29) is 5.41 Å². The third-order valence-electron chi connectivity index (χ3n) is 3.72. The van der Waals surface area contributed by atoms with Crippen molar-refractivity contribution in [2.75, 3.05) is 6.54 Å². The summed E-state index contributed by atoms with van der Waals surface area (Å²) in [6, 6.07) is 2.81. The summed E-state index contributed by atoms with van der Waals surface area (Å²) < 4.78 is 0. The number of nitrogens with one attached hydrogen (secondary N) is 1. The molecule has 1 heterocycles. The van der Waals surface area contributed by atoms with E-state index in [1.165, 1.54) is 18.4 Å². The zero-order chi connectivity index (χ0) is 12.3. The van der Waals surface area contributed by atoms with Gasteiger partial charge in [-0.05, 0) is 42.7 Å². The van der Waals surface area contributed by atoms with Gasteiger partial charge in [-0.2, -0.15) is 0 Å². The van der Waals surface area contributed by atoms with Crippen LogP contribution in [0.15, 0.2) is 18.5 Å². The van der Waals surface area contributed by atoms with Crippen molar-refractivity contribution >= 4 is 11.6 Å². The van der Waals surface area contributed by atoms with Gasteiger partial charge in [0, 0.05) is 25.0 Å². The van der Waals surface area contributed by atoms with Gasteiger partial charge in [-0.1, -0.05) is 25.4 Å². The molecule has 0 radical (unpaired) electrons. The molecule has 1 atom stereocenters. The van der Waals surface area contributed by atoms with E-state index in [0.717, 1.165) is 30.5 Å². The lowest BCUT2D eigenvalue weighted by Crippen LogP contribution is -2.34. The van der Waals surface area contributed by atoms with Crippen molar-refractivity contribution in [2.24, 2.45) is 5.41 Å². The average molecular weight is 253 g/mol. The van der Waals surface area contributed by atoms with E-state index >= 15 is 0 Å². The Bertz CT molecular complexity index is 376. The molecule has 0 aromatic carbocycles. The molecular weight excluding hydrogens is 232 g/mol. The van der Waals surface area contributed by atoms with E-state index in [1.807, 2.05) is 12.3 Å². The van der Waals surface area contributed by atoms with Gasteiger partial charge in [0.05, 0.1) is 5.02 Å². The highest BCUT2D eigenvalue weighted by Crippen LogP contribution is 2.30. The molecule has 1 saturated carbocycles. The molecule has 1 N–H and O–H groups in total. The summed E-state index contributed by atoms with van der Waals surface area (Å²) >= 11 is 6.18. The Labute approximate surface area is 109 Å². The van der Waals surface area contributed by atoms with E-state index in [4.69, 9.17) is 11.6 Å². The van der Waals surface area contributed by atoms with E-state index in [1.54, 1.807) is 6.20 Å². The second kappa shape index (κ2) is 5.36. The normalized spacial score (nSPS) is 19.0. The smallest absolute Gasteiger partial charge is 0.0621 e. The Kier molecular flexibility index (Phi) is 4.05. The Hall–Kier alpha value is -0.600. The molecule has 3 heteroatoms. The molecule has 1 aliphatic rings. The van der Waals surface area contributed by atoms with Crippen LogP contribution < -0.4 is 5.32 Å². The minimum atomic E-state index is 0.285. The number of hydrogen-bond acceptors (Lipinski definition) is 2. The van der Waals surface area contributed by atoms with E-state index < -0.39 is 0 Å². The average Bonchev–Trinajstić information content (AvgIpc) is 3.14. The molecule has 1 aromatic rings. The molecule has 1 fully saturated rings. The van der Waals surface area contributed by atoms with Crippen LogP contribution in [0, 0.1) is 5.41 Å². The standard InChI is InChI=1S/C14H21ClN2/c1-3-14(2,10-17-12-4-5-12)8-11-6-7-16-9-13(11)15/h6-7,9,12,17H,3-5,8,10H2,1-2H3. The van der Waals surface area contributed by atoms with Gasteiger partial charge in [-0.25, -0.2) is 0 Å². The Morgan fingerprint density at radius 2 is 2.29 bits per heavy atom. The predicted molar refractivity (Wildman–Crippen MR) is 72.4 cm³/mol. The number of rotatable bonds is 6. The molecule has 94 valence electrons. The van der Waals surface area contributed by atoms with Crippen LogP contribution in [0.3, 0.4) is 0 Å². The molecule has 0 saturated heterocycles. The highest BCUT2D eigenvalue weighted by Gasteiger charge is 2.28. The minimum absolute atomic E-state index is 0.285. The number of halogens is 1. The lowest BCUT2D eigenvalue weighted by atomic mass is 9.81. The van der Waals surface area contributed by atoms with Crippen molar-refractivity contribution < 1.29 is 0 Å². The molecule has 2 rings (SSSR count). The van der Waals surface area contributed by atoms with Crippen LogP contribution in [0.25, 0.3) is 0 Å². The molecule has 2 nitrogen and oxygen atoms in total. The van der Waals surface area contributed by atoms with Crippen LogP contribution in [-0.4, -0.2) is 17.6 Å². The summed E-state index contributed by atoms with van der Waals surface area (Å²) in [6.07, 6.45) is 8.43. The first-order valence-electron chi connectivity index (χ1n) is 6.45. The van der Waals surface area contributed by atoms with E-state index in [0.29, 0.717) is 0 Å². The monoisotopic (exact) mass is 252 g/mol. The highest BCUT2D eigenvalue weighted by atomic mass is 35.5. The second-order valence-electron chi connectivity index (χ2n) is 5.46. The zero-order valence-corrected chi connectivity index (χ0v) is 11.4. The molecule has 1 aromatic heterocycles. The summed E-state index contributed by atoms with van der Waals surface area (Å²) in [5, 5.41) is 4.42. The van der Waals surface area contributed by atoms with Crippen LogP contribution in [0.1, 0.15) is 38.7 Å². The quantitative estimate of drug-likeness (QED) is 0.839. The Balaban J connectivity index is 1.99. The first-order chi connectivity index (χ1) is 8.13. The van der Waals surface area contributed by atoms with Crippen molar-refractivity contribution in [3.63, 3.8) is 0 Å². The van der Waals surface area contributed by atoms with Gasteiger partial charge < -0.3 is 5.32 Å². The molecule has 17 heavy (non-hydrogen) atoms. The maximum absolute atomic E-state index is 6.18. The molecule has 0 bridgehead atoms. The molecule has 0 aliphatic heterocycles. The third kappa shape index (κ3) is 3.68. The number of pyridine rings is 1. The maximum atomic E-state index is 6.18. The molecule has 0 amide bonds. The SMILES string of the molecule is CCC(C)(CNC1CC1)Cc1ccncc1Cl. The number of nitrogens with zero attached hydrogens (tertiary/aromatic N) is 1. The van der Waals surface area contributed by atoms with Gasteiger partial charge in [0.15, 0.2) is 0 Å². The van der Waals surface area contributed by atoms with E-state index in [2.05, 4.69) is 24.1 Å². The van der Waals surface area contributed by atoms with Crippen LogP contribution >= 0.6 is 11.6 Å². The largest absolute Gasteiger partial charge is 0.313 e. The first-order valence-corrected chi connectivity index (χ1v) is 6.82. The Morgan fingerprint density at radius 3 is 2.88 bits per heavy atom. The summed E-state index contributed by atoms with van der Waals surface area (Å²) in [4.78, 5) is 4.04. The van der Waals surface area contributed by atoms with Gasteiger partial charge in [0.1, 0.15) is 0 Å². The maximum Gasteiger partial charge on any atom is 0.0621 e. The van der Waals surface area contributed by atoms with Gasteiger partial charge in [-0.3, -0.25) is 4.98 Å². The van der Waals surface area contributed by atoms with Gasteiger partial charge in [-0.15, -0.1) is 0 Å². The van der Waals surface area contributed by atoms with Crippen LogP contribution in [-0.2, 0) is 6.42 Å². The molecular formula is C14H21ClN2. The van der Waals surface area contributed by atoms with Crippen molar-refractivity contribution in [1.82, 2.24) is 10.3 Å². The van der Waals surface area contributed by atoms with Crippen LogP contribution in [0.4, 0.5) is 0 Å². The van der Waals surface area contributed by atoms with Crippen molar-refractivity contribution in [2.45, 2.75) is 45.6 Å². The fourth-order valence-electron chi connectivity index (χ4n) is 2.00. The first kappa shape index (κ1) is 12.8. The van der Waals surface area contributed by atoms with Crippen molar-refractivity contribution in [3.05, 3.63) is 29.0 Å². The summed E-state index contributed by atoms with van der Waals surface area (Å²) in [5.41, 5.74) is 1.50. The summed E-state index contributed by atoms with van der Waals surface area (Å²) in [7, 11) is 0. The van der Waals surface area contributed by atoms with Crippen LogP contribution in [0.2, 0.25) is 5.02 Å². The fraction of sp³-hybridized carbons (Fsp3) is 0.643. The van der Waals surface area contributed by atoms with E-state index in [9.17, 15) is 0 Å². The Morgan fingerprint density at radius 1 is 1.53 bits per heavy atom. The lowest BCUT2D eigenvalue weighted by Gasteiger charge is -2.29. The lowest BCUT2D eigenvalue weighted by molar-refractivity contribution is 0.289. The van der Waals surface area contributed by atoms with Gasteiger partial charge in [0.25, 0.3) is 0 Å². The van der Waals surface area contributed by atoms with Gasteiger partial charge >= 0.3 is 0 Å². The summed E-state index contributed by atoms with van der Waals surface area (Å²) in [6.45, 7) is 5.66.